The fourth-order valence-electron chi connectivity index (χ4n) is 2.13. The van der Waals surface area contributed by atoms with Crippen molar-refractivity contribution in [3.8, 4) is 0 Å². The lowest BCUT2D eigenvalue weighted by atomic mass is 9.95. The monoisotopic (exact) mass is 326 g/mol. The minimum absolute atomic E-state index is 0.232. The topological polar surface area (TPSA) is 59.6 Å². The summed E-state index contributed by atoms with van der Waals surface area (Å²) >= 11 is 11.1. The Kier molecular flexibility index (Phi) is 5.17. The van der Waals surface area contributed by atoms with Crippen molar-refractivity contribution >= 4 is 34.9 Å². The van der Waals surface area contributed by atoms with Gasteiger partial charge in [0.2, 0.25) is 0 Å². The fraction of sp³-hybridized carbons (Fsp3) is 0.286. The molecule has 0 bridgehead atoms. The number of hydrogen-bond donors (Lipinski definition) is 2. The molecule has 0 spiro atoms. The van der Waals surface area contributed by atoms with Gasteiger partial charge in [0.1, 0.15) is 0 Å². The minimum atomic E-state index is -0.440. The van der Waals surface area contributed by atoms with Crippen LogP contribution in [0, 0.1) is 0 Å². The average Bonchev–Trinajstić information content (AvgIpc) is 2.47. The van der Waals surface area contributed by atoms with Gasteiger partial charge < -0.3 is 20.1 Å². The molecule has 2 rings (SSSR count). The summed E-state index contributed by atoms with van der Waals surface area (Å²) in [5.41, 5.74) is 1.89. The van der Waals surface area contributed by atoms with E-state index in [4.69, 9.17) is 33.3 Å². The Labute approximate surface area is 133 Å². The SMILES string of the molecule is COCC1=C(C(=O)OC)[C@H](c2ccc(Cl)cc2)NC(=S)N1. The summed E-state index contributed by atoms with van der Waals surface area (Å²) < 4.78 is 10.00. The highest BCUT2D eigenvalue weighted by Gasteiger charge is 2.31. The maximum absolute atomic E-state index is 12.1. The third-order valence-electron chi connectivity index (χ3n) is 3.05. The van der Waals surface area contributed by atoms with Crippen LogP contribution in [-0.2, 0) is 14.3 Å². The Balaban J connectivity index is 2.49. The Bertz CT molecular complexity index is 586. The number of hydrogen-bond acceptors (Lipinski definition) is 4. The van der Waals surface area contributed by atoms with Crippen LogP contribution in [0.2, 0.25) is 5.02 Å². The molecule has 7 heteroatoms. The van der Waals surface area contributed by atoms with Crippen molar-refractivity contribution in [3.05, 3.63) is 46.1 Å². The van der Waals surface area contributed by atoms with E-state index in [1.807, 2.05) is 12.1 Å². The van der Waals surface area contributed by atoms with E-state index in [1.54, 1.807) is 19.2 Å². The number of thiocarbonyl (C=S) groups is 1. The summed E-state index contributed by atoms with van der Waals surface area (Å²) in [7, 11) is 2.89. The molecule has 0 radical (unpaired) electrons. The highest BCUT2D eigenvalue weighted by molar-refractivity contribution is 7.80. The zero-order valence-electron chi connectivity index (χ0n) is 11.6. The highest BCUT2D eigenvalue weighted by Crippen LogP contribution is 2.28. The molecular formula is C14H15ClN2O3S. The Hall–Kier alpha value is -1.63. The van der Waals surface area contributed by atoms with E-state index in [0.29, 0.717) is 21.4 Å². The molecule has 0 saturated heterocycles. The molecule has 21 heavy (non-hydrogen) atoms. The molecule has 2 N–H and O–H groups in total. The minimum Gasteiger partial charge on any atom is -0.466 e. The molecule has 0 amide bonds. The first-order valence-corrected chi connectivity index (χ1v) is 6.98. The van der Waals surface area contributed by atoms with Crippen molar-refractivity contribution in [2.24, 2.45) is 0 Å². The van der Waals surface area contributed by atoms with E-state index < -0.39 is 12.0 Å². The summed E-state index contributed by atoms with van der Waals surface area (Å²) in [6.07, 6.45) is 0. The number of halogens is 1. The molecule has 1 aliphatic heterocycles. The van der Waals surface area contributed by atoms with Crippen molar-refractivity contribution in [2.45, 2.75) is 6.04 Å². The van der Waals surface area contributed by atoms with Crippen LogP contribution in [-0.4, -0.2) is 31.9 Å². The maximum atomic E-state index is 12.1. The van der Waals surface area contributed by atoms with Crippen LogP contribution in [0.5, 0.6) is 0 Å². The molecule has 0 aromatic heterocycles. The van der Waals surface area contributed by atoms with E-state index >= 15 is 0 Å². The lowest BCUT2D eigenvalue weighted by molar-refractivity contribution is -0.136. The molecule has 1 aromatic carbocycles. The van der Waals surface area contributed by atoms with Gasteiger partial charge in [-0.25, -0.2) is 4.79 Å². The van der Waals surface area contributed by atoms with Gasteiger partial charge in [0.05, 0.1) is 31.0 Å². The van der Waals surface area contributed by atoms with Gasteiger partial charge in [0, 0.05) is 12.1 Å². The van der Waals surface area contributed by atoms with E-state index in [1.165, 1.54) is 7.11 Å². The van der Waals surface area contributed by atoms with E-state index in [9.17, 15) is 4.79 Å². The molecule has 1 aliphatic rings. The summed E-state index contributed by atoms with van der Waals surface area (Å²) in [6, 6.07) is 6.78. The first kappa shape index (κ1) is 15.8. The first-order valence-electron chi connectivity index (χ1n) is 6.20. The van der Waals surface area contributed by atoms with Gasteiger partial charge in [-0.15, -0.1) is 0 Å². The summed E-state index contributed by atoms with van der Waals surface area (Å²) in [4.78, 5) is 12.1. The predicted octanol–water partition coefficient (Wildman–Crippen LogP) is 1.93. The molecule has 1 atom stereocenters. The fourth-order valence-corrected chi connectivity index (χ4v) is 2.50. The molecule has 0 fully saturated rings. The van der Waals surface area contributed by atoms with Crippen LogP contribution >= 0.6 is 23.8 Å². The van der Waals surface area contributed by atoms with Crippen molar-refractivity contribution < 1.29 is 14.3 Å². The van der Waals surface area contributed by atoms with E-state index in [2.05, 4.69) is 10.6 Å². The number of benzene rings is 1. The normalized spacial score (nSPS) is 18.0. The number of rotatable bonds is 4. The number of esters is 1. The number of carbonyl (C=O) groups is 1. The molecule has 0 aliphatic carbocycles. The zero-order chi connectivity index (χ0) is 15.4. The van der Waals surface area contributed by atoms with Crippen molar-refractivity contribution in [3.63, 3.8) is 0 Å². The van der Waals surface area contributed by atoms with E-state index in [0.717, 1.165) is 5.56 Å². The summed E-state index contributed by atoms with van der Waals surface area (Å²) in [6.45, 7) is 0.232. The smallest absolute Gasteiger partial charge is 0.338 e. The van der Waals surface area contributed by atoms with Crippen LogP contribution in [0.4, 0.5) is 0 Å². The second kappa shape index (κ2) is 6.89. The molecule has 1 aromatic rings. The van der Waals surface area contributed by atoms with Gasteiger partial charge >= 0.3 is 5.97 Å². The third-order valence-corrected chi connectivity index (χ3v) is 3.52. The van der Waals surface area contributed by atoms with Crippen LogP contribution < -0.4 is 10.6 Å². The Morgan fingerprint density at radius 2 is 2.00 bits per heavy atom. The highest BCUT2D eigenvalue weighted by atomic mass is 35.5. The van der Waals surface area contributed by atoms with Crippen LogP contribution in [0.15, 0.2) is 35.5 Å². The number of ether oxygens (including phenoxy) is 2. The van der Waals surface area contributed by atoms with Gasteiger partial charge in [-0.2, -0.15) is 0 Å². The number of carbonyl (C=O) groups excluding carboxylic acids is 1. The van der Waals surface area contributed by atoms with Crippen LogP contribution in [0.25, 0.3) is 0 Å². The number of methoxy groups -OCH3 is 2. The second-order valence-electron chi connectivity index (χ2n) is 4.40. The zero-order valence-corrected chi connectivity index (χ0v) is 13.2. The standard InChI is InChI=1S/C14H15ClN2O3S/c1-19-7-10-11(13(18)20-2)12(17-14(21)16-10)8-3-5-9(15)6-4-8/h3-6,12H,7H2,1-2H3,(H2,16,17,21)/t12-/m0/s1. The van der Waals surface area contributed by atoms with Crippen molar-refractivity contribution in [1.29, 1.82) is 0 Å². The average molecular weight is 327 g/mol. The second-order valence-corrected chi connectivity index (χ2v) is 5.24. The Morgan fingerprint density at radius 3 is 2.57 bits per heavy atom. The molecular weight excluding hydrogens is 312 g/mol. The molecule has 5 nitrogen and oxygen atoms in total. The quantitative estimate of drug-likeness (QED) is 0.651. The van der Waals surface area contributed by atoms with Gasteiger partial charge in [0.15, 0.2) is 5.11 Å². The van der Waals surface area contributed by atoms with Gasteiger partial charge in [-0.05, 0) is 29.9 Å². The van der Waals surface area contributed by atoms with Gasteiger partial charge in [-0.1, -0.05) is 23.7 Å². The predicted molar refractivity (Wildman–Crippen MR) is 84.0 cm³/mol. The first-order chi connectivity index (χ1) is 10.1. The van der Waals surface area contributed by atoms with Gasteiger partial charge in [-0.3, -0.25) is 0 Å². The summed E-state index contributed by atoms with van der Waals surface area (Å²) in [5.74, 6) is -0.440. The van der Waals surface area contributed by atoms with Crippen LogP contribution in [0.3, 0.4) is 0 Å². The molecule has 0 saturated carbocycles. The lowest BCUT2D eigenvalue weighted by Crippen LogP contribution is -2.46. The molecule has 1 heterocycles. The Morgan fingerprint density at radius 1 is 1.33 bits per heavy atom. The van der Waals surface area contributed by atoms with E-state index in [-0.39, 0.29) is 6.61 Å². The largest absolute Gasteiger partial charge is 0.466 e. The summed E-state index contributed by atoms with van der Waals surface area (Å²) in [5, 5.41) is 7.06. The lowest BCUT2D eigenvalue weighted by Gasteiger charge is -2.30. The van der Waals surface area contributed by atoms with Gasteiger partial charge in [0.25, 0.3) is 0 Å². The third kappa shape index (κ3) is 3.53. The van der Waals surface area contributed by atoms with Crippen LogP contribution in [0.1, 0.15) is 11.6 Å². The molecule has 0 unspecified atom stereocenters. The number of nitrogens with one attached hydrogen (secondary N) is 2. The van der Waals surface area contributed by atoms with Crippen molar-refractivity contribution in [2.75, 3.05) is 20.8 Å². The van der Waals surface area contributed by atoms with Crippen molar-refractivity contribution in [1.82, 2.24) is 10.6 Å². The maximum Gasteiger partial charge on any atom is 0.338 e. The molecule has 112 valence electrons.